The Hall–Kier alpha value is -1.48. The van der Waals surface area contributed by atoms with Crippen LogP contribution in [0.1, 0.15) is 39.8 Å². The maximum atomic E-state index is 12.2. The first-order valence-corrected chi connectivity index (χ1v) is 8.55. The van der Waals surface area contributed by atoms with E-state index in [4.69, 9.17) is 18.9 Å². The molecule has 1 N–H and O–H groups in total. The maximum Gasteiger partial charge on any atom is 0.330 e. The van der Waals surface area contributed by atoms with Gasteiger partial charge in [0, 0.05) is 33.1 Å². The van der Waals surface area contributed by atoms with Crippen LogP contribution in [0.4, 0.5) is 0 Å². The van der Waals surface area contributed by atoms with E-state index >= 15 is 0 Å². The topological polar surface area (TPSA) is 91.8 Å². The Morgan fingerprint density at radius 2 is 2.08 bits per heavy atom. The van der Waals surface area contributed by atoms with Gasteiger partial charge in [0.1, 0.15) is 17.8 Å². The first-order valence-electron chi connectivity index (χ1n) is 8.55. The first kappa shape index (κ1) is 19.8. The van der Waals surface area contributed by atoms with Gasteiger partial charge >= 0.3 is 5.69 Å². The number of hydrogen-bond donors (Lipinski definition) is 1. The average molecular weight is 356 g/mol. The predicted octanol–water partition coefficient (Wildman–Crippen LogP) is 1.06. The summed E-state index contributed by atoms with van der Waals surface area (Å²) in [6, 6.07) is 1.27. The van der Waals surface area contributed by atoms with Crippen molar-refractivity contribution in [2.45, 2.75) is 63.8 Å². The van der Waals surface area contributed by atoms with Crippen LogP contribution in [-0.4, -0.2) is 54.3 Å². The van der Waals surface area contributed by atoms with Gasteiger partial charge in [-0.05, 0) is 20.3 Å². The van der Waals surface area contributed by atoms with Gasteiger partial charge in [0.05, 0.1) is 6.10 Å². The number of nitrogens with zero attached hydrogens (tertiary/aromatic N) is 1. The number of ether oxygens (including phenoxy) is 4. The molecule has 0 amide bonds. The summed E-state index contributed by atoms with van der Waals surface area (Å²) in [4.78, 5) is 25.7. The fourth-order valence-corrected chi connectivity index (χ4v) is 3.22. The number of hydrogen-bond acceptors (Lipinski definition) is 6. The van der Waals surface area contributed by atoms with Crippen molar-refractivity contribution in [1.82, 2.24) is 9.55 Å². The molecule has 1 aliphatic rings. The van der Waals surface area contributed by atoms with Crippen LogP contribution in [-0.2, 0) is 18.9 Å². The largest absolute Gasteiger partial charge is 0.375 e. The molecule has 0 radical (unpaired) electrons. The highest BCUT2D eigenvalue weighted by Crippen LogP contribution is 2.42. The lowest BCUT2D eigenvalue weighted by Crippen LogP contribution is -2.51. The molecule has 1 aliphatic heterocycles. The van der Waals surface area contributed by atoms with Crippen LogP contribution in [0.15, 0.2) is 21.9 Å². The summed E-state index contributed by atoms with van der Waals surface area (Å²) >= 11 is 0. The number of aromatic nitrogens is 2. The second-order valence-electron chi connectivity index (χ2n) is 6.43. The molecule has 0 aliphatic carbocycles. The molecular weight excluding hydrogens is 328 g/mol. The minimum absolute atomic E-state index is 0.273. The highest BCUT2D eigenvalue weighted by atomic mass is 16.6. The molecule has 5 atom stereocenters. The predicted molar refractivity (Wildman–Crippen MR) is 91.8 cm³/mol. The third-order valence-electron chi connectivity index (χ3n) is 4.84. The molecule has 1 unspecified atom stereocenters. The van der Waals surface area contributed by atoms with Crippen molar-refractivity contribution >= 4 is 0 Å². The van der Waals surface area contributed by atoms with Crippen LogP contribution in [0, 0.1) is 0 Å². The number of unbranched alkanes of at least 4 members (excludes halogenated alkanes) is 1. The van der Waals surface area contributed by atoms with E-state index in [2.05, 4.69) is 11.9 Å². The normalized spacial score (nSPS) is 30.5. The molecule has 2 rings (SSSR count). The highest BCUT2D eigenvalue weighted by Gasteiger charge is 2.57. The molecule has 142 valence electrons. The van der Waals surface area contributed by atoms with Crippen LogP contribution in [0.3, 0.4) is 0 Å². The molecular formula is C17H28N2O6. The van der Waals surface area contributed by atoms with E-state index < -0.39 is 35.3 Å². The van der Waals surface area contributed by atoms with E-state index in [0.29, 0.717) is 6.61 Å². The zero-order valence-electron chi connectivity index (χ0n) is 15.5. The van der Waals surface area contributed by atoms with Gasteiger partial charge in [0.2, 0.25) is 0 Å². The summed E-state index contributed by atoms with van der Waals surface area (Å²) < 4.78 is 24.7. The summed E-state index contributed by atoms with van der Waals surface area (Å²) in [5.41, 5.74) is -1.84. The van der Waals surface area contributed by atoms with E-state index in [9.17, 15) is 9.59 Å². The van der Waals surface area contributed by atoms with Crippen LogP contribution < -0.4 is 11.2 Å². The third-order valence-corrected chi connectivity index (χ3v) is 4.84. The molecule has 25 heavy (non-hydrogen) atoms. The summed E-state index contributed by atoms with van der Waals surface area (Å²) in [5.74, 6) is 0. The summed E-state index contributed by atoms with van der Waals surface area (Å²) in [5, 5.41) is 0. The fraction of sp³-hybridized carbons (Fsp3) is 0.765. The minimum atomic E-state index is -0.816. The standard InChI is InChI=1S/C17H28N2O6/c1-6-7-10-24-11(2)17(3)14(23-5)13(22-4)15(25-17)19-9-8-12(20)18-16(19)21/h8-9,11,13-15H,6-7,10H2,1-5H3,(H,18,20,21)/t11-,13-,14+,15+,17?/m0/s1. The fourth-order valence-electron chi connectivity index (χ4n) is 3.22. The Morgan fingerprint density at radius 1 is 1.36 bits per heavy atom. The number of aromatic amines is 1. The van der Waals surface area contributed by atoms with Gasteiger partial charge in [-0.2, -0.15) is 0 Å². The zero-order valence-corrected chi connectivity index (χ0v) is 15.5. The Balaban J connectivity index is 2.34. The quantitative estimate of drug-likeness (QED) is 0.700. The zero-order chi connectivity index (χ0) is 18.6. The van der Waals surface area contributed by atoms with Crippen molar-refractivity contribution in [2.24, 2.45) is 0 Å². The number of rotatable bonds is 8. The molecule has 1 aromatic heterocycles. The van der Waals surface area contributed by atoms with Crippen molar-refractivity contribution in [1.29, 1.82) is 0 Å². The van der Waals surface area contributed by atoms with Crippen molar-refractivity contribution in [2.75, 3.05) is 20.8 Å². The lowest BCUT2D eigenvalue weighted by Gasteiger charge is -2.35. The van der Waals surface area contributed by atoms with Gasteiger partial charge in [-0.15, -0.1) is 0 Å². The van der Waals surface area contributed by atoms with E-state index in [1.165, 1.54) is 23.9 Å². The van der Waals surface area contributed by atoms with Crippen molar-refractivity contribution in [3.8, 4) is 0 Å². The molecule has 8 nitrogen and oxygen atoms in total. The van der Waals surface area contributed by atoms with Crippen LogP contribution >= 0.6 is 0 Å². The summed E-state index contributed by atoms with van der Waals surface area (Å²) in [6.07, 6.45) is 1.40. The molecule has 8 heteroatoms. The smallest absolute Gasteiger partial charge is 0.330 e. The lowest BCUT2D eigenvalue weighted by atomic mass is 9.91. The maximum absolute atomic E-state index is 12.2. The van der Waals surface area contributed by atoms with Gasteiger partial charge in [-0.25, -0.2) is 4.79 Å². The van der Waals surface area contributed by atoms with Crippen LogP contribution in [0.25, 0.3) is 0 Å². The number of methoxy groups -OCH3 is 2. The number of H-pyrrole nitrogens is 1. The molecule has 0 saturated carbocycles. The first-order chi connectivity index (χ1) is 11.9. The van der Waals surface area contributed by atoms with Gasteiger partial charge in [0.15, 0.2) is 6.23 Å². The van der Waals surface area contributed by atoms with Crippen molar-refractivity contribution in [3.05, 3.63) is 33.1 Å². The van der Waals surface area contributed by atoms with E-state index in [1.807, 2.05) is 13.8 Å². The molecule has 1 fully saturated rings. The van der Waals surface area contributed by atoms with Crippen molar-refractivity contribution in [3.63, 3.8) is 0 Å². The average Bonchev–Trinajstić information content (AvgIpc) is 2.87. The molecule has 0 spiro atoms. The molecule has 1 aromatic rings. The highest BCUT2D eigenvalue weighted by molar-refractivity contribution is 5.04. The lowest BCUT2D eigenvalue weighted by molar-refractivity contribution is -0.170. The van der Waals surface area contributed by atoms with Gasteiger partial charge in [-0.1, -0.05) is 13.3 Å². The second kappa shape index (κ2) is 8.27. The third kappa shape index (κ3) is 3.87. The van der Waals surface area contributed by atoms with E-state index in [-0.39, 0.29) is 6.10 Å². The Bertz CT molecular complexity index is 672. The SMILES string of the molecule is CCCCO[C@@H](C)C1(C)O[C@@H](n2ccc(=O)[nH]c2=O)[C@@H](OC)[C@H]1OC. The minimum Gasteiger partial charge on any atom is -0.375 e. The van der Waals surface area contributed by atoms with E-state index in [1.54, 1.807) is 7.11 Å². The van der Waals surface area contributed by atoms with Gasteiger partial charge in [0.25, 0.3) is 5.56 Å². The molecule has 1 saturated heterocycles. The Morgan fingerprint density at radius 3 is 2.64 bits per heavy atom. The number of nitrogens with one attached hydrogen (secondary N) is 1. The second-order valence-corrected chi connectivity index (χ2v) is 6.43. The Kier molecular flexibility index (Phi) is 6.56. The van der Waals surface area contributed by atoms with Crippen molar-refractivity contribution < 1.29 is 18.9 Å². The van der Waals surface area contributed by atoms with Gasteiger partial charge in [-0.3, -0.25) is 14.3 Å². The summed E-state index contributed by atoms with van der Waals surface area (Å²) in [7, 11) is 3.12. The van der Waals surface area contributed by atoms with E-state index in [0.717, 1.165) is 12.8 Å². The summed E-state index contributed by atoms with van der Waals surface area (Å²) in [6.45, 7) is 6.53. The molecule has 0 aromatic carbocycles. The molecule has 2 heterocycles. The molecule has 0 bridgehead atoms. The van der Waals surface area contributed by atoms with Crippen LogP contribution in [0.5, 0.6) is 0 Å². The monoisotopic (exact) mass is 356 g/mol. The Labute approximate surface area is 147 Å². The van der Waals surface area contributed by atoms with Gasteiger partial charge < -0.3 is 18.9 Å². The van der Waals surface area contributed by atoms with Crippen LogP contribution in [0.2, 0.25) is 0 Å².